The highest BCUT2D eigenvalue weighted by Gasteiger charge is 2.22. The Labute approximate surface area is 171 Å². The zero-order chi connectivity index (χ0) is 20.1. The summed E-state index contributed by atoms with van der Waals surface area (Å²) in [5.41, 5.74) is 0.761. The van der Waals surface area contributed by atoms with Crippen molar-refractivity contribution in [3.05, 3.63) is 36.4 Å². The van der Waals surface area contributed by atoms with E-state index in [9.17, 15) is 4.79 Å². The second-order valence-electron chi connectivity index (χ2n) is 7.43. The van der Waals surface area contributed by atoms with Crippen molar-refractivity contribution in [3.8, 4) is 5.75 Å². The van der Waals surface area contributed by atoms with Crippen molar-refractivity contribution >= 4 is 23.4 Å². The first-order chi connectivity index (χ1) is 14.2. The Hall–Kier alpha value is -3.03. The van der Waals surface area contributed by atoms with Gasteiger partial charge >= 0.3 is 6.03 Å². The average molecular weight is 396 g/mol. The summed E-state index contributed by atoms with van der Waals surface area (Å²) in [5.74, 6) is 2.61. The Morgan fingerprint density at radius 3 is 1.97 bits per heavy atom. The number of anilines is 3. The highest BCUT2D eigenvalue weighted by Crippen LogP contribution is 2.20. The van der Waals surface area contributed by atoms with Gasteiger partial charge in [-0.2, -0.15) is 0 Å². The van der Waals surface area contributed by atoms with Gasteiger partial charge in [-0.05, 0) is 55.7 Å². The number of carbonyl (C=O) groups excluding carboxylic acids is 1. The molecule has 154 valence electrons. The molecule has 8 nitrogen and oxygen atoms in total. The molecule has 0 atom stereocenters. The van der Waals surface area contributed by atoms with Gasteiger partial charge in [-0.25, -0.2) is 4.79 Å². The molecule has 3 heterocycles. The number of nitrogens with one attached hydrogen (secondary N) is 1. The standard InChI is InChI=1S/C21H28N6O2/c1-29-18-7-5-17(6-8-18)22-21(28)27-15-13-26(14-16-27)20-10-9-19(23-24-20)25-11-3-2-4-12-25/h5-10H,2-4,11-16H2,1H3,(H,22,28). The van der Waals surface area contributed by atoms with Gasteiger partial charge in [0.1, 0.15) is 5.75 Å². The summed E-state index contributed by atoms with van der Waals surface area (Å²) < 4.78 is 5.14. The van der Waals surface area contributed by atoms with E-state index >= 15 is 0 Å². The smallest absolute Gasteiger partial charge is 0.321 e. The van der Waals surface area contributed by atoms with Gasteiger partial charge in [-0.15, -0.1) is 10.2 Å². The normalized spacial score (nSPS) is 17.2. The molecule has 1 aromatic heterocycles. The minimum Gasteiger partial charge on any atom is -0.497 e. The zero-order valence-electron chi connectivity index (χ0n) is 16.9. The Balaban J connectivity index is 1.28. The van der Waals surface area contributed by atoms with E-state index in [1.807, 2.05) is 35.2 Å². The maximum absolute atomic E-state index is 12.5. The van der Waals surface area contributed by atoms with Gasteiger partial charge in [0.2, 0.25) is 0 Å². The number of rotatable bonds is 4. The number of amides is 2. The van der Waals surface area contributed by atoms with Crippen LogP contribution in [0, 0.1) is 0 Å². The van der Waals surface area contributed by atoms with E-state index in [0.717, 1.165) is 49.3 Å². The lowest BCUT2D eigenvalue weighted by Crippen LogP contribution is -2.50. The van der Waals surface area contributed by atoms with Crippen molar-refractivity contribution in [2.45, 2.75) is 19.3 Å². The van der Waals surface area contributed by atoms with Crippen LogP contribution in [0.3, 0.4) is 0 Å². The molecule has 0 radical (unpaired) electrons. The highest BCUT2D eigenvalue weighted by molar-refractivity contribution is 5.89. The first-order valence-electron chi connectivity index (χ1n) is 10.3. The fourth-order valence-corrected chi connectivity index (χ4v) is 3.79. The molecule has 0 unspecified atom stereocenters. The first kappa shape index (κ1) is 19.3. The Kier molecular flexibility index (Phi) is 5.97. The number of piperidine rings is 1. The fraction of sp³-hybridized carbons (Fsp3) is 0.476. The van der Waals surface area contributed by atoms with Gasteiger partial charge in [0, 0.05) is 45.0 Å². The number of nitrogens with zero attached hydrogens (tertiary/aromatic N) is 5. The van der Waals surface area contributed by atoms with Crippen molar-refractivity contribution in [1.29, 1.82) is 0 Å². The van der Waals surface area contributed by atoms with Gasteiger partial charge < -0.3 is 24.8 Å². The number of urea groups is 1. The molecule has 0 bridgehead atoms. The average Bonchev–Trinajstić information content (AvgIpc) is 2.80. The molecule has 2 aromatic rings. The van der Waals surface area contributed by atoms with Crippen LogP contribution >= 0.6 is 0 Å². The monoisotopic (exact) mass is 396 g/mol. The summed E-state index contributed by atoms with van der Waals surface area (Å²) >= 11 is 0. The topological polar surface area (TPSA) is 73.8 Å². The molecular weight excluding hydrogens is 368 g/mol. The van der Waals surface area contributed by atoms with E-state index in [2.05, 4.69) is 31.4 Å². The summed E-state index contributed by atoms with van der Waals surface area (Å²) in [7, 11) is 1.62. The summed E-state index contributed by atoms with van der Waals surface area (Å²) in [6.07, 6.45) is 3.76. The van der Waals surface area contributed by atoms with Gasteiger partial charge in [-0.1, -0.05) is 0 Å². The summed E-state index contributed by atoms with van der Waals surface area (Å²) in [6, 6.07) is 11.4. The van der Waals surface area contributed by atoms with E-state index in [4.69, 9.17) is 4.74 Å². The number of hydrogen-bond acceptors (Lipinski definition) is 6. The Bertz CT molecular complexity index is 797. The Morgan fingerprint density at radius 1 is 0.828 bits per heavy atom. The second-order valence-corrected chi connectivity index (χ2v) is 7.43. The van der Waals surface area contributed by atoms with Gasteiger partial charge in [-0.3, -0.25) is 0 Å². The first-order valence-corrected chi connectivity index (χ1v) is 10.3. The number of carbonyl (C=O) groups is 1. The van der Waals surface area contributed by atoms with Gasteiger partial charge in [0.25, 0.3) is 0 Å². The molecule has 0 spiro atoms. The molecule has 2 amide bonds. The molecule has 1 aromatic carbocycles. The number of hydrogen-bond donors (Lipinski definition) is 1. The summed E-state index contributed by atoms with van der Waals surface area (Å²) in [4.78, 5) is 18.8. The van der Waals surface area contributed by atoms with E-state index < -0.39 is 0 Å². The van der Waals surface area contributed by atoms with E-state index in [0.29, 0.717) is 13.1 Å². The molecule has 4 rings (SSSR count). The van der Waals surface area contributed by atoms with E-state index in [-0.39, 0.29) is 6.03 Å². The lowest BCUT2D eigenvalue weighted by Gasteiger charge is -2.35. The number of benzene rings is 1. The third kappa shape index (κ3) is 4.70. The molecule has 0 saturated carbocycles. The van der Waals surface area contributed by atoms with Crippen LogP contribution in [0.5, 0.6) is 5.75 Å². The molecule has 1 N–H and O–H groups in total. The molecular formula is C21H28N6O2. The van der Waals surface area contributed by atoms with Crippen molar-refractivity contribution in [2.75, 3.05) is 61.5 Å². The van der Waals surface area contributed by atoms with Crippen LogP contribution in [0.15, 0.2) is 36.4 Å². The molecule has 2 aliphatic rings. The molecule has 8 heteroatoms. The molecule has 29 heavy (non-hydrogen) atoms. The van der Waals surface area contributed by atoms with Crippen molar-refractivity contribution in [1.82, 2.24) is 15.1 Å². The zero-order valence-corrected chi connectivity index (χ0v) is 16.9. The Morgan fingerprint density at radius 2 is 1.41 bits per heavy atom. The van der Waals surface area contributed by atoms with Crippen molar-refractivity contribution in [3.63, 3.8) is 0 Å². The minimum atomic E-state index is -0.0821. The predicted molar refractivity (Wildman–Crippen MR) is 114 cm³/mol. The number of piperazine rings is 1. The quantitative estimate of drug-likeness (QED) is 0.857. The highest BCUT2D eigenvalue weighted by atomic mass is 16.5. The summed E-state index contributed by atoms with van der Waals surface area (Å²) in [6.45, 7) is 4.92. The number of methoxy groups -OCH3 is 1. The number of aromatic nitrogens is 2. The van der Waals surface area contributed by atoms with Crippen LogP contribution in [0.1, 0.15) is 19.3 Å². The van der Waals surface area contributed by atoms with Crippen LogP contribution in [0.25, 0.3) is 0 Å². The van der Waals surface area contributed by atoms with E-state index in [1.165, 1.54) is 19.3 Å². The molecule has 0 aliphatic carbocycles. The third-order valence-electron chi connectivity index (χ3n) is 5.55. The minimum absolute atomic E-state index is 0.0821. The maximum atomic E-state index is 12.5. The van der Waals surface area contributed by atoms with Crippen LogP contribution in [0.2, 0.25) is 0 Å². The lowest BCUT2D eigenvalue weighted by molar-refractivity contribution is 0.208. The van der Waals surface area contributed by atoms with Crippen molar-refractivity contribution in [2.24, 2.45) is 0 Å². The summed E-state index contributed by atoms with van der Waals surface area (Å²) in [5, 5.41) is 11.8. The fourth-order valence-electron chi connectivity index (χ4n) is 3.79. The van der Waals surface area contributed by atoms with Gasteiger partial charge in [0.05, 0.1) is 7.11 Å². The largest absolute Gasteiger partial charge is 0.497 e. The molecule has 2 aliphatic heterocycles. The van der Waals surface area contributed by atoms with Crippen molar-refractivity contribution < 1.29 is 9.53 Å². The molecule has 2 fully saturated rings. The predicted octanol–water partition coefficient (Wildman–Crippen LogP) is 2.83. The lowest BCUT2D eigenvalue weighted by atomic mass is 10.1. The van der Waals surface area contributed by atoms with Crippen LogP contribution < -0.4 is 19.9 Å². The maximum Gasteiger partial charge on any atom is 0.321 e. The molecule has 2 saturated heterocycles. The SMILES string of the molecule is COc1ccc(NC(=O)N2CCN(c3ccc(N4CCCCC4)nn3)CC2)cc1. The third-order valence-corrected chi connectivity index (χ3v) is 5.55. The van der Waals surface area contributed by atoms with Crippen LogP contribution in [-0.4, -0.2) is 67.5 Å². The van der Waals surface area contributed by atoms with E-state index in [1.54, 1.807) is 7.11 Å². The van der Waals surface area contributed by atoms with Crippen LogP contribution in [-0.2, 0) is 0 Å². The van der Waals surface area contributed by atoms with Gasteiger partial charge in [0.15, 0.2) is 11.6 Å². The van der Waals surface area contributed by atoms with Crippen LogP contribution in [0.4, 0.5) is 22.1 Å². The number of ether oxygens (including phenoxy) is 1. The second kappa shape index (κ2) is 8.98.